The van der Waals surface area contributed by atoms with Crippen LogP contribution >= 0.6 is 11.6 Å². The number of aromatic nitrogens is 3. The Morgan fingerprint density at radius 2 is 1.96 bits per heavy atom. The molecule has 0 atom stereocenters. The highest BCUT2D eigenvalue weighted by molar-refractivity contribution is 6.30. The summed E-state index contributed by atoms with van der Waals surface area (Å²) < 4.78 is 7.35. The first kappa shape index (κ1) is 16.7. The van der Waals surface area contributed by atoms with E-state index in [2.05, 4.69) is 10.3 Å². The summed E-state index contributed by atoms with van der Waals surface area (Å²) in [6.45, 7) is 5.24. The molecule has 0 unspecified atom stereocenters. The summed E-state index contributed by atoms with van der Waals surface area (Å²) in [5, 5.41) is 18.8. The molecular formula is C18H17ClN4O3. The zero-order valence-electron chi connectivity index (χ0n) is 14.3. The third kappa shape index (κ3) is 2.74. The highest BCUT2D eigenvalue weighted by atomic mass is 35.5. The molecule has 3 aromatic rings. The summed E-state index contributed by atoms with van der Waals surface area (Å²) in [6.07, 6.45) is 0. The van der Waals surface area contributed by atoms with E-state index in [1.165, 1.54) is 0 Å². The second-order valence-corrected chi connectivity index (χ2v) is 6.89. The van der Waals surface area contributed by atoms with E-state index in [1.807, 2.05) is 29.5 Å². The Morgan fingerprint density at radius 3 is 2.54 bits per heavy atom. The number of hydrogen-bond acceptors (Lipinski definition) is 5. The summed E-state index contributed by atoms with van der Waals surface area (Å²) in [6, 6.07) is 9.03. The van der Waals surface area contributed by atoms with Crippen molar-refractivity contribution in [2.75, 3.05) is 18.0 Å². The minimum absolute atomic E-state index is 0.0686. The fourth-order valence-electron chi connectivity index (χ4n) is 3.29. The van der Waals surface area contributed by atoms with Gasteiger partial charge < -0.3 is 14.5 Å². The largest absolute Gasteiger partial charge is 0.477 e. The van der Waals surface area contributed by atoms with Gasteiger partial charge >= 0.3 is 5.97 Å². The quantitative estimate of drug-likeness (QED) is 0.753. The Kier molecular flexibility index (Phi) is 3.96. The fraction of sp³-hybridized carbons (Fsp3) is 0.278. The van der Waals surface area contributed by atoms with Gasteiger partial charge in [0.05, 0.1) is 11.7 Å². The number of anilines is 1. The highest BCUT2D eigenvalue weighted by Crippen LogP contribution is 2.36. The second kappa shape index (κ2) is 6.17. The first-order valence-corrected chi connectivity index (χ1v) is 8.58. The third-order valence-corrected chi connectivity index (χ3v) is 4.80. The summed E-state index contributed by atoms with van der Waals surface area (Å²) >= 11 is 5.90. The predicted molar refractivity (Wildman–Crippen MR) is 96.9 cm³/mol. The number of aryl methyl sites for hydroxylation is 2. The number of carboxylic acid groups (broad SMARTS) is 1. The van der Waals surface area contributed by atoms with Crippen molar-refractivity contribution in [1.29, 1.82) is 0 Å². The molecule has 4 rings (SSSR count). The van der Waals surface area contributed by atoms with Crippen LogP contribution in [-0.2, 0) is 0 Å². The average molecular weight is 373 g/mol. The summed E-state index contributed by atoms with van der Waals surface area (Å²) in [7, 11) is 0. The molecule has 1 aromatic carbocycles. The minimum Gasteiger partial charge on any atom is -0.477 e. The van der Waals surface area contributed by atoms with Gasteiger partial charge in [0.25, 0.3) is 0 Å². The van der Waals surface area contributed by atoms with Crippen LogP contribution in [0.3, 0.4) is 0 Å². The molecule has 1 N–H and O–H groups in total. The van der Waals surface area contributed by atoms with E-state index in [-0.39, 0.29) is 17.4 Å². The van der Waals surface area contributed by atoms with E-state index < -0.39 is 5.97 Å². The highest BCUT2D eigenvalue weighted by Gasteiger charge is 2.36. The zero-order valence-corrected chi connectivity index (χ0v) is 15.1. The molecule has 7 nitrogen and oxygen atoms in total. The Hall–Kier alpha value is -2.80. The molecule has 8 heteroatoms. The molecule has 1 saturated heterocycles. The Morgan fingerprint density at radius 1 is 1.27 bits per heavy atom. The van der Waals surface area contributed by atoms with Gasteiger partial charge in [-0.2, -0.15) is 5.10 Å². The van der Waals surface area contributed by atoms with Crippen LogP contribution in [0.25, 0.3) is 11.3 Å². The maximum Gasteiger partial charge on any atom is 0.343 e. The van der Waals surface area contributed by atoms with E-state index in [4.69, 9.17) is 16.1 Å². The number of benzene rings is 1. The molecule has 0 radical (unpaired) electrons. The van der Waals surface area contributed by atoms with Crippen molar-refractivity contribution in [3.05, 3.63) is 52.3 Å². The number of carboxylic acids is 1. The summed E-state index contributed by atoms with van der Waals surface area (Å²) in [5.74, 6) is -0.486. The van der Waals surface area contributed by atoms with Crippen molar-refractivity contribution in [2.45, 2.75) is 19.9 Å². The standard InChI is InChI=1S/C18H17ClN4O3/c1-10-7-11(2)23(20-10)14-8-22(9-14)17-15(18(24)25)16(26-21-17)12-3-5-13(19)6-4-12/h3-7,14H,8-9H2,1-2H3,(H,24,25). The lowest BCUT2D eigenvalue weighted by Gasteiger charge is -2.39. The van der Waals surface area contributed by atoms with E-state index in [9.17, 15) is 9.90 Å². The van der Waals surface area contributed by atoms with E-state index in [0.717, 1.165) is 11.4 Å². The topological polar surface area (TPSA) is 84.4 Å². The van der Waals surface area contributed by atoms with Crippen molar-refractivity contribution >= 4 is 23.4 Å². The van der Waals surface area contributed by atoms with Crippen molar-refractivity contribution in [3.63, 3.8) is 0 Å². The lowest BCUT2D eigenvalue weighted by molar-refractivity contribution is 0.0697. The van der Waals surface area contributed by atoms with Crippen molar-refractivity contribution in [3.8, 4) is 11.3 Å². The van der Waals surface area contributed by atoms with Gasteiger partial charge in [-0.15, -0.1) is 0 Å². The Balaban J connectivity index is 1.61. The zero-order chi connectivity index (χ0) is 18.4. The molecule has 0 amide bonds. The van der Waals surface area contributed by atoms with Crippen LogP contribution in [-0.4, -0.2) is 39.1 Å². The van der Waals surface area contributed by atoms with Gasteiger partial charge in [0.2, 0.25) is 0 Å². The van der Waals surface area contributed by atoms with Crippen LogP contribution in [0.4, 0.5) is 5.82 Å². The molecule has 1 aliphatic heterocycles. The van der Waals surface area contributed by atoms with Gasteiger partial charge in [-0.1, -0.05) is 16.8 Å². The molecule has 0 bridgehead atoms. The molecule has 1 aliphatic rings. The molecule has 0 spiro atoms. The number of halogens is 1. The van der Waals surface area contributed by atoms with Gasteiger partial charge in [-0.25, -0.2) is 4.79 Å². The van der Waals surface area contributed by atoms with Crippen LogP contribution in [0.1, 0.15) is 27.8 Å². The molecule has 1 fully saturated rings. The van der Waals surface area contributed by atoms with Crippen LogP contribution in [0.5, 0.6) is 0 Å². The molecule has 3 heterocycles. The van der Waals surface area contributed by atoms with Crippen molar-refractivity contribution < 1.29 is 14.4 Å². The van der Waals surface area contributed by atoms with Crippen molar-refractivity contribution in [1.82, 2.24) is 14.9 Å². The van der Waals surface area contributed by atoms with Gasteiger partial charge in [0.1, 0.15) is 0 Å². The number of hydrogen-bond donors (Lipinski definition) is 1. The smallest absolute Gasteiger partial charge is 0.343 e. The first-order valence-electron chi connectivity index (χ1n) is 8.20. The van der Waals surface area contributed by atoms with Crippen LogP contribution in [0, 0.1) is 13.8 Å². The second-order valence-electron chi connectivity index (χ2n) is 6.45. The van der Waals surface area contributed by atoms with E-state index in [0.29, 0.717) is 29.5 Å². The Labute approximate surface area is 154 Å². The van der Waals surface area contributed by atoms with Crippen LogP contribution in [0.15, 0.2) is 34.9 Å². The minimum atomic E-state index is -1.07. The number of aromatic carboxylic acids is 1. The Bertz CT molecular complexity index is 971. The van der Waals surface area contributed by atoms with Gasteiger partial charge in [-0.3, -0.25) is 4.68 Å². The predicted octanol–water partition coefficient (Wildman–Crippen LogP) is 3.57. The van der Waals surface area contributed by atoms with Crippen molar-refractivity contribution in [2.24, 2.45) is 0 Å². The summed E-state index contributed by atoms with van der Waals surface area (Å²) in [5.41, 5.74) is 2.76. The molecule has 0 saturated carbocycles. The van der Waals surface area contributed by atoms with E-state index in [1.54, 1.807) is 24.3 Å². The SMILES string of the molecule is Cc1cc(C)n(C2CN(c3noc(-c4ccc(Cl)cc4)c3C(=O)O)C2)n1. The number of rotatable bonds is 4. The molecule has 26 heavy (non-hydrogen) atoms. The summed E-state index contributed by atoms with van der Waals surface area (Å²) in [4.78, 5) is 13.7. The molecule has 2 aromatic heterocycles. The van der Waals surface area contributed by atoms with E-state index >= 15 is 0 Å². The number of carbonyl (C=O) groups is 1. The lowest BCUT2D eigenvalue weighted by atomic mass is 10.0. The van der Waals surface area contributed by atoms with Gasteiger partial charge in [0, 0.05) is 29.4 Å². The fourth-order valence-corrected chi connectivity index (χ4v) is 3.41. The monoisotopic (exact) mass is 372 g/mol. The van der Waals surface area contributed by atoms with Crippen LogP contribution < -0.4 is 4.90 Å². The number of nitrogens with zero attached hydrogens (tertiary/aromatic N) is 4. The lowest BCUT2D eigenvalue weighted by Crippen LogP contribution is -2.49. The normalized spacial score (nSPS) is 14.5. The maximum absolute atomic E-state index is 11.8. The third-order valence-electron chi connectivity index (χ3n) is 4.55. The van der Waals surface area contributed by atoms with Gasteiger partial charge in [-0.05, 0) is 44.2 Å². The first-order chi connectivity index (χ1) is 12.4. The van der Waals surface area contributed by atoms with Crippen LogP contribution in [0.2, 0.25) is 5.02 Å². The molecule has 0 aliphatic carbocycles. The molecule has 134 valence electrons. The van der Waals surface area contributed by atoms with Gasteiger partial charge in [0.15, 0.2) is 17.1 Å². The maximum atomic E-state index is 11.8. The molecular weight excluding hydrogens is 356 g/mol. The average Bonchev–Trinajstić information content (AvgIpc) is 3.11.